The van der Waals surface area contributed by atoms with Crippen molar-refractivity contribution < 1.29 is 78.0 Å². The number of nitrogens with one attached hydrogen (secondary N) is 2. The Bertz CT molecular complexity index is 486. The molecule has 4 N–H and O–H groups in total. The molecule has 0 aromatic carbocycles. The summed E-state index contributed by atoms with van der Waals surface area (Å²) in [6, 6.07) is 0. The third-order valence-corrected chi connectivity index (χ3v) is 5.68. The summed E-state index contributed by atoms with van der Waals surface area (Å²) in [7, 11) is 0. The number of fused-ring (bicyclic) bond motifs is 1. The maximum atomic E-state index is 11.9. The number of aliphatic hydroxyl groups is 1. The van der Waals surface area contributed by atoms with Crippen molar-refractivity contribution in [2.24, 2.45) is 5.92 Å². The molecule has 110 valence electrons. The van der Waals surface area contributed by atoms with Crippen LogP contribution in [0.4, 0.5) is 0 Å². The van der Waals surface area contributed by atoms with Crippen molar-refractivity contribution in [1.29, 1.82) is 5.41 Å². The predicted molar refractivity (Wildman–Crippen MR) is 76.2 cm³/mol. The van der Waals surface area contributed by atoms with E-state index in [1.165, 1.54) is 35.3 Å². The second-order valence-corrected chi connectivity index (χ2v) is 6.82. The van der Waals surface area contributed by atoms with Gasteiger partial charge in [0.1, 0.15) is 5.37 Å². The summed E-state index contributed by atoms with van der Waals surface area (Å²) in [4.78, 5) is 24.5. The molecule has 0 aromatic heterocycles. The Balaban J connectivity index is 0.00000220. The number of nitrogens with zero attached hydrogens (tertiary/aromatic N) is 1. The maximum absolute atomic E-state index is 11.9. The Kier molecular flexibility index (Phi) is 7.92. The summed E-state index contributed by atoms with van der Waals surface area (Å²) < 4.78 is 0.575. The Morgan fingerprint density at radius 3 is 2.86 bits per heavy atom. The average Bonchev–Trinajstić information content (AvgIpc) is 2.69. The smallest absolute Gasteiger partial charge is 0.550 e. The van der Waals surface area contributed by atoms with Gasteiger partial charge >= 0.3 is 64.2 Å². The topological polar surface area (TPSA) is 114 Å². The number of carbonyl (C=O) groups is 2. The molecule has 1 fully saturated rings. The van der Waals surface area contributed by atoms with Gasteiger partial charge in [-0.15, -0.1) is 11.8 Å². The molecule has 1 saturated heterocycles. The number of hydrogen-bond acceptors (Lipinski definition) is 6. The van der Waals surface area contributed by atoms with Crippen LogP contribution < -0.4 is 63.5 Å². The number of thioether (sulfide) groups is 2. The number of amides is 1. The third kappa shape index (κ3) is 3.93. The van der Waals surface area contributed by atoms with Crippen LogP contribution in [0.2, 0.25) is 0 Å². The quantitative estimate of drug-likeness (QED) is 0.0895. The van der Waals surface area contributed by atoms with Gasteiger partial charge in [-0.1, -0.05) is 11.8 Å². The average molecular weight is 402 g/mol. The Morgan fingerprint density at radius 2 is 2.33 bits per heavy atom. The summed E-state index contributed by atoms with van der Waals surface area (Å²) in [5.74, 6) is -1.44. The van der Waals surface area contributed by atoms with E-state index in [2.05, 4.69) is 5.32 Å². The fourth-order valence-electron chi connectivity index (χ4n) is 2.11. The molecule has 2 heterocycles. The van der Waals surface area contributed by atoms with Crippen LogP contribution in [0.1, 0.15) is 6.92 Å². The van der Waals surface area contributed by atoms with Gasteiger partial charge < -0.3 is 27.3 Å². The molecule has 2 rings (SSSR count). The monoisotopic (exact) mass is 401 g/mol. The molecule has 7 nitrogen and oxygen atoms in total. The van der Waals surface area contributed by atoms with Gasteiger partial charge in [-0.3, -0.25) is 9.69 Å². The molecule has 21 heavy (non-hydrogen) atoms. The Labute approximate surface area is 179 Å². The first-order valence-electron chi connectivity index (χ1n) is 5.91. The van der Waals surface area contributed by atoms with E-state index in [0.717, 1.165) is 0 Å². The van der Waals surface area contributed by atoms with E-state index in [1.54, 1.807) is 0 Å². The molecule has 10 heteroatoms. The first kappa shape index (κ1) is 19.7. The zero-order valence-corrected chi connectivity index (χ0v) is 18.2. The second-order valence-electron chi connectivity index (χ2n) is 4.32. The third-order valence-electron chi connectivity index (χ3n) is 3.02. The molecule has 0 radical (unpaired) electrons. The van der Waals surface area contributed by atoms with Crippen molar-refractivity contribution in [2.45, 2.75) is 18.4 Å². The Hall–Kier alpha value is 0.615. The first-order chi connectivity index (χ1) is 9.49. The molecular weight excluding hydrogens is 388 g/mol. The standard InChI is InChI=1S/C11H14N3O4S2.Rb/c1-5(15)6-8(16)14-7(10(17)18)11(20-9(6)14)19-3-2-13-4-12;/h5-6,9,15H,2-3H2,1H3,(H2,12,13)(H,17,18);/q-1;+1/t5-,6?,9?;/m1./s1. The fourth-order valence-corrected chi connectivity index (χ4v) is 4.96. The number of rotatable bonds is 7. The molecular formula is C11H14N3O4RbS2. The molecule has 2 aliphatic heterocycles. The van der Waals surface area contributed by atoms with Crippen molar-refractivity contribution in [3.05, 3.63) is 9.93 Å². The van der Waals surface area contributed by atoms with E-state index in [4.69, 9.17) is 5.41 Å². The van der Waals surface area contributed by atoms with Gasteiger partial charge in [0, 0.05) is 5.75 Å². The number of hydrogen-bond donors (Lipinski definition) is 4. The molecule has 0 aromatic rings. The van der Waals surface area contributed by atoms with Crippen molar-refractivity contribution in [2.75, 3.05) is 12.3 Å². The summed E-state index contributed by atoms with van der Waals surface area (Å²) in [6.07, 6.45) is 1.25. The number of aliphatic carboxylic acids is 1. The first-order valence-corrected chi connectivity index (χ1v) is 7.78. The number of carboxylic acid groups (broad SMARTS) is 1. The number of carbonyl (C=O) groups excluding carboxylic acids is 1. The van der Waals surface area contributed by atoms with Crippen LogP contribution in [0.15, 0.2) is 9.93 Å². The van der Waals surface area contributed by atoms with Crippen molar-refractivity contribution in [3.8, 4) is 0 Å². The molecule has 0 bridgehead atoms. The van der Waals surface area contributed by atoms with Crippen LogP contribution in [-0.2, 0) is 9.59 Å². The van der Waals surface area contributed by atoms with Crippen LogP contribution in [0.3, 0.4) is 0 Å². The zero-order valence-electron chi connectivity index (χ0n) is 11.6. The normalized spacial score (nSPS) is 24.9. The molecule has 0 saturated carbocycles. The zero-order chi connectivity index (χ0) is 14.9. The number of carboxylic acids is 1. The van der Waals surface area contributed by atoms with E-state index in [0.29, 0.717) is 16.5 Å². The summed E-state index contributed by atoms with van der Waals surface area (Å²) in [5, 5.41) is 27.8. The minimum absolute atomic E-state index is 0. The fraction of sp³-hybridized carbons (Fsp3) is 0.545. The van der Waals surface area contributed by atoms with Crippen molar-refractivity contribution >= 4 is 41.7 Å². The van der Waals surface area contributed by atoms with Crippen molar-refractivity contribution in [1.82, 2.24) is 10.2 Å². The summed E-state index contributed by atoms with van der Waals surface area (Å²) in [5.41, 5.74) is 0.00531. The largest absolute Gasteiger partial charge is 1.00 e. The SMILES string of the molecule is C[C@@H](O)C1C(=O)N2C(C(=O)O)=C(SCCN[C-]=N)SC12.[Rb+]. The number of β-lactam (4-membered cyclic amide) rings is 1. The number of aliphatic hydroxyl groups excluding tert-OH is 1. The molecule has 2 aliphatic rings. The van der Waals surface area contributed by atoms with E-state index >= 15 is 0 Å². The predicted octanol–water partition coefficient (Wildman–Crippen LogP) is -3.04. The second kappa shape index (κ2) is 8.46. The van der Waals surface area contributed by atoms with Gasteiger partial charge in [-0.05, 0) is 13.5 Å². The van der Waals surface area contributed by atoms with Gasteiger partial charge in [0.25, 0.3) is 0 Å². The van der Waals surface area contributed by atoms with E-state index in [9.17, 15) is 19.8 Å². The summed E-state index contributed by atoms with van der Waals surface area (Å²) >= 11 is 2.63. The van der Waals surface area contributed by atoms with Crippen LogP contribution in [0.25, 0.3) is 0 Å². The van der Waals surface area contributed by atoms with Gasteiger partial charge in [-0.25, -0.2) is 4.79 Å². The van der Waals surface area contributed by atoms with Crippen LogP contribution in [0, 0.1) is 11.3 Å². The minimum Gasteiger partial charge on any atom is -0.550 e. The van der Waals surface area contributed by atoms with E-state index in [-0.39, 0.29) is 75.2 Å². The van der Waals surface area contributed by atoms with Crippen LogP contribution >= 0.6 is 23.5 Å². The van der Waals surface area contributed by atoms with Gasteiger partial charge in [0.05, 0.1) is 16.3 Å². The van der Waals surface area contributed by atoms with Gasteiger partial charge in [0.15, 0.2) is 5.70 Å². The molecule has 1 amide bonds. The molecule has 2 unspecified atom stereocenters. The molecule has 0 aliphatic carbocycles. The Morgan fingerprint density at radius 1 is 1.67 bits per heavy atom. The van der Waals surface area contributed by atoms with Crippen LogP contribution in [0.5, 0.6) is 0 Å². The summed E-state index contributed by atoms with van der Waals surface area (Å²) in [6.45, 7) is 2.03. The van der Waals surface area contributed by atoms with Crippen molar-refractivity contribution in [3.63, 3.8) is 0 Å². The van der Waals surface area contributed by atoms with Gasteiger partial charge in [0.2, 0.25) is 5.91 Å². The van der Waals surface area contributed by atoms with E-state index < -0.39 is 18.0 Å². The van der Waals surface area contributed by atoms with Gasteiger partial charge in [-0.2, -0.15) is 0 Å². The van der Waals surface area contributed by atoms with Crippen LogP contribution in [-0.4, -0.2) is 57.1 Å². The minimum atomic E-state index is -1.13. The molecule has 0 spiro atoms. The molecule has 3 atom stereocenters. The van der Waals surface area contributed by atoms with E-state index in [1.807, 2.05) is 6.34 Å². The maximum Gasteiger partial charge on any atom is 1.00 e.